The molecule has 0 saturated carbocycles. The second kappa shape index (κ2) is 8.33. The van der Waals surface area contributed by atoms with Gasteiger partial charge in [-0.2, -0.15) is 0 Å². The molecule has 0 saturated heterocycles. The van der Waals surface area contributed by atoms with E-state index in [1.807, 2.05) is 43.3 Å². The molecule has 3 aromatic rings. The van der Waals surface area contributed by atoms with Crippen molar-refractivity contribution in [3.8, 4) is 10.6 Å². The second-order valence-electron chi connectivity index (χ2n) is 5.91. The molecular formula is C20H17ClN2O3S. The number of amides is 1. The van der Waals surface area contributed by atoms with Crippen LogP contribution >= 0.6 is 22.9 Å². The lowest BCUT2D eigenvalue weighted by atomic mass is 10.2. The van der Waals surface area contributed by atoms with Crippen molar-refractivity contribution in [2.45, 2.75) is 13.8 Å². The van der Waals surface area contributed by atoms with Crippen LogP contribution in [0.2, 0.25) is 5.02 Å². The van der Waals surface area contributed by atoms with Crippen LogP contribution in [0.5, 0.6) is 0 Å². The van der Waals surface area contributed by atoms with Gasteiger partial charge >= 0.3 is 5.97 Å². The highest BCUT2D eigenvalue weighted by Gasteiger charge is 2.19. The quantitative estimate of drug-likeness (QED) is 0.620. The summed E-state index contributed by atoms with van der Waals surface area (Å²) in [5, 5.41) is 3.79. The van der Waals surface area contributed by atoms with E-state index in [1.54, 1.807) is 19.1 Å². The van der Waals surface area contributed by atoms with Gasteiger partial charge in [-0.1, -0.05) is 48.0 Å². The molecule has 5 nitrogen and oxygen atoms in total. The third kappa shape index (κ3) is 4.72. The second-order valence-corrected chi connectivity index (χ2v) is 7.31. The van der Waals surface area contributed by atoms with E-state index in [9.17, 15) is 9.59 Å². The molecule has 0 spiro atoms. The highest BCUT2D eigenvalue weighted by Crippen LogP contribution is 2.28. The van der Waals surface area contributed by atoms with E-state index in [1.165, 1.54) is 11.3 Å². The normalized spacial score (nSPS) is 10.5. The van der Waals surface area contributed by atoms with Gasteiger partial charge in [0, 0.05) is 5.56 Å². The number of anilines is 1. The molecule has 0 aliphatic heterocycles. The molecule has 138 valence electrons. The van der Waals surface area contributed by atoms with Crippen LogP contribution in [0.3, 0.4) is 0 Å². The molecule has 0 bridgehead atoms. The minimum absolute atomic E-state index is 0.384. The predicted octanol–water partition coefficient (Wildman–Crippen LogP) is 4.88. The van der Waals surface area contributed by atoms with Gasteiger partial charge in [-0.15, -0.1) is 11.3 Å². The summed E-state index contributed by atoms with van der Waals surface area (Å²) in [5.41, 5.74) is 2.96. The zero-order chi connectivity index (χ0) is 19.4. The van der Waals surface area contributed by atoms with Crippen LogP contribution in [-0.4, -0.2) is 23.5 Å². The first-order valence-electron chi connectivity index (χ1n) is 8.20. The molecule has 0 unspecified atom stereocenters. The molecule has 2 aromatic carbocycles. The molecule has 0 fully saturated rings. The fraction of sp³-hybridized carbons (Fsp3) is 0.150. The van der Waals surface area contributed by atoms with Crippen LogP contribution in [0.15, 0.2) is 48.5 Å². The average Bonchev–Trinajstić information content (AvgIpc) is 3.05. The molecule has 3 rings (SSSR count). The summed E-state index contributed by atoms with van der Waals surface area (Å²) in [5.74, 6) is -1.03. The Kier molecular flexibility index (Phi) is 5.88. The Morgan fingerprint density at radius 1 is 1.15 bits per heavy atom. The Morgan fingerprint density at radius 2 is 1.89 bits per heavy atom. The van der Waals surface area contributed by atoms with Gasteiger partial charge in [-0.05, 0) is 31.5 Å². The van der Waals surface area contributed by atoms with E-state index in [0.29, 0.717) is 21.3 Å². The Balaban J connectivity index is 1.62. The molecule has 1 N–H and O–H groups in total. The number of ether oxygens (including phenoxy) is 1. The van der Waals surface area contributed by atoms with E-state index in [-0.39, 0.29) is 0 Å². The third-order valence-corrected chi connectivity index (χ3v) is 5.24. The van der Waals surface area contributed by atoms with Gasteiger partial charge in [0.25, 0.3) is 5.91 Å². The minimum Gasteiger partial charge on any atom is -0.451 e. The summed E-state index contributed by atoms with van der Waals surface area (Å²) in [7, 11) is 0. The van der Waals surface area contributed by atoms with Crippen LogP contribution in [0.4, 0.5) is 5.69 Å². The lowest BCUT2D eigenvalue weighted by molar-refractivity contribution is -0.119. The number of nitrogens with one attached hydrogen (secondary N) is 1. The topological polar surface area (TPSA) is 68.3 Å². The van der Waals surface area contributed by atoms with Crippen LogP contribution in [0, 0.1) is 13.8 Å². The number of rotatable bonds is 5. The number of hydrogen-bond donors (Lipinski definition) is 1. The Labute approximate surface area is 166 Å². The standard InChI is InChI=1S/C20H17ClN2O3S/c1-12-8-9-16(15(21)10-12)23-17(24)11-26-20(25)18-13(2)22-19(27-18)14-6-4-3-5-7-14/h3-10H,11H2,1-2H3,(H,23,24). The zero-order valence-corrected chi connectivity index (χ0v) is 16.4. The number of hydrogen-bond acceptors (Lipinski definition) is 5. The van der Waals surface area contributed by atoms with Crippen LogP contribution in [0.1, 0.15) is 20.9 Å². The van der Waals surface area contributed by atoms with Crippen molar-refractivity contribution in [1.29, 1.82) is 0 Å². The van der Waals surface area contributed by atoms with Crippen molar-refractivity contribution in [3.05, 3.63) is 69.7 Å². The number of thiazole rings is 1. The predicted molar refractivity (Wildman–Crippen MR) is 107 cm³/mol. The van der Waals surface area contributed by atoms with E-state index in [2.05, 4.69) is 10.3 Å². The van der Waals surface area contributed by atoms with Crippen molar-refractivity contribution in [3.63, 3.8) is 0 Å². The Morgan fingerprint density at radius 3 is 2.59 bits per heavy atom. The molecular weight excluding hydrogens is 384 g/mol. The van der Waals surface area contributed by atoms with E-state index >= 15 is 0 Å². The minimum atomic E-state index is -0.572. The molecule has 1 amide bonds. The van der Waals surface area contributed by atoms with E-state index in [0.717, 1.165) is 16.1 Å². The zero-order valence-electron chi connectivity index (χ0n) is 14.8. The summed E-state index contributed by atoms with van der Waals surface area (Å²) in [6.45, 7) is 3.24. The van der Waals surface area contributed by atoms with E-state index < -0.39 is 18.5 Å². The number of carbonyl (C=O) groups is 2. The summed E-state index contributed by atoms with van der Waals surface area (Å²) >= 11 is 7.33. The van der Waals surface area contributed by atoms with Gasteiger partial charge in [-0.25, -0.2) is 9.78 Å². The van der Waals surface area contributed by atoms with Gasteiger partial charge in [0.1, 0.15) is 9.88 Å². The number of halogens is 1. The van der Waals surface area contributed by atoms with Gasteiger partial charge in [0.05, 0.1) is 16.4 Å². The molecule has 7 heteroatoms. The molecule has 0 atom stereocenters. The summed E-state index contributed by atoms with van der Waals surface area (Å²) < 4.78 is 5.13. The number of carbonyl (C=O) groups excluding carboxylic acids is 2. The molecule has 0 aliphatic rings. The monoisotopic (exact) mass is 400 g/mol. The van der Waals surface area contributed by atoms with Gasteiger partial charge in [0.2, 0.25) is 0 Å². The smallest absolute Gasteiger partial charge is 0.350 e. The summed E-state index contributed by atoms with van der Waals surface area (Å²) in [6, 6.07) is 14.9. The fourth-order valence-electron chi connectivity index (χ4n) is 2.39. The van der Waals surface area contributed by atoms with Crippen molar-refractivity contribution in [1.82, 2.24) is 4.98 Å². The maximum atomic E-state index is 12.3. The third-order valence-electron chi connectivity index (χ3n) is 3.74. The van der Waals surface area contributed by atoms with Crippen LogP contribution < -0.4 is 5.32 Å². The van der Waals surface area contributed by atoms with Crippen LogP contribution in [0.25, 0.3) is 10.6 Å². The number of benzene rings is 2. The fourth-order valence-corrected chi connectivity index (χ4v) is 3.64. The average molecular weight is 401 g/mol. The van der Waals surface area contributed by atoms with Crippen LogP contribution in [-0.2, 0) is 9.53 Å². The van der Waals surface area contributed by atoms with Gasteiger partial charge in [0.15, 0.2) is 6.61 Å². The van der Waals surface area contributed by atoms with E-state index in [4.69, 9.17) is 16.3 Å². The van der Waals surface area contributed by atoms with Gasteiger partial charge < -0.3 is 10.1 Å². The SMILES string of the molecule is Cc1ccc(NC(=O)COC(=O)c2sc(-c3ccccc3)nc2C)c(Cl)c1. The maximum absolute atomic E-state index is 12.3. The van der Waals surface area contributed by atoms with Gasteiger partial charge in [-0.3, -0.25) is 4.79 Å². The summed E-state index contributed by atoms with van der Waals surface area (Å²) in [6.07, 6.45) is 0. The largest absolute Gasteiger partial charge is 0.451 e. The first-order chi connectivity index (χ1) is 12.9. The Hall–Kier alpha value is -2.70. The van der Waals surface area contributed by atoms with Crippen molar-refractivity contribution < 1.29 is 14.3 Å². The number of aromatic nitrogens is 1. The molecule has 0 aliphatic carbocycles. The first-order valence-corrected chi connectivity index (χ1v) is 9.39. The maximum Gasteiger partial charge on any atom is 0.350 e. The van der Waals surface area contributed by atoms with Crippen molar-refractivity contribution in [2.75, 3.05) is 11.9 Å². The molecule has 1 heterocycles. The molecule has 0 radical (unpaired) electrons. The lowest BCUT2D eigenvalue weighted by Gasteiger charge is -2.08. The number of nitrogens with zero attached hydrogens (tertiary/aromatic N) is 1. The highest BCUT2D eigenvalue weighted by molar-refractivity contribution is 7.17. The number of aryl methyl sites for hydroxylation is 2. The Bertz CT molecular complexity index is 986. The molecule has 1 aromatic heterocycles. The lowest BCUT2D eigenvalue weighted by Crippen LogP contribution is -2.21. The summed E-state index contributed by atoms with van der Waals surface area (Å²) in [4.78, 5) is 29.2. The highest BCUT2D eigenvalue weighted by atomic mass is 35.5. The van der Waals surface area contributed by atoms with Crippen molar-refractivity contribution >= 4 is 40.5 Å². The first kappa shape index (κ1) is 19.1. The van der Waals surface area contributed by atoms with Crippen molar-refractivity contribution in [2.24, 2.45) is 0 Å². The molecule has 27 heavy (non-hydrogen) atoms. The number of esters is 1.